The molecule has 23 heavy (non-hydrogen) atoms. The largest absolute Gasteiger partial charge is 0.325 e. The molecule has 1 fully saturated rings. The maximum absolute atomic E-state index is 12.1. The van der Waals surface area contributed by atoms with Crippen LogP contribution in [0.25, 0.3) is 10.2 Å². The van der Waals surface area contributed by atoms with Crippen LogP contribution in [0.4, 0.5) is 10.5 Å². The van der Waals surface area contributed by atoms with Gasteiger partial charge in [0.05, 0.1) is 15.2 Å². The summed E-state index contributed by atoms with van der Waals surface area (Å²) in [7, 11) is 0. The van der Waals surface area contributed by atoms with Gasteiger partial charge in [0.1, 0.15) is 12.1 Å². The molecule has 0 bridgehead atoms. The third-order valence-electron chi connectivity index (χ3n) is 3.53. The first-order chi connectivity index (χ1) is 10.8. The SMILES string of the molecule is Cc1nc2ccc(NC(=O)CN3C(=O)NC(C)(C)C3=O)cc2s1. The quantitative estimate of drug-likeness (QED) is 0.840. The molecule has 1 aliphatic heterocycles. The Hall–Kier alpha value is -2.48. The first-order valence-electron chi connectivity index (χ1n) is 7.07. The third kappa shape index (κ3) is 2.89. The minimum absolute atomic E-state index is 0.312. The van der Waals surface area contributed by atoms with E-state index in [-0.39, 0.29) is 6.54 Å². The lowest BCUT2D eigenvalue weighted by Gasteiger charge is -2.15. The highest BCUT2D eigenvalue weighted by atomic mass is 32.1. The van der Waals surface area contributed by atoms with E-state index in [1.54, 1.807) is 19.9 Å². The summed E-state index contributed by atoms with van der Waals surface area (Å²) >= 11 is 1.54. The van der Waals surface area contributed by atoms with Crippen LogP contribution in [0.5, 0.6) is 0 Å². The molecule has 2 N–H and O–H groups in total. The minimum atomic E-state index is -0.976. The van der Waals surface area contributed by atoms with Gasteiger partial charge in [-0.3, -0.25) is 14.5 Å². The molecule has 7 nitrogen and oxygen atoms in total. The van der Waals surface area contributed by atoms with Gasteiger partial charge < -0.3 is 10.6 Å². The standard InChI is InChI=1S/C15H16N4O3S/c1-8-16-10-5-4-9(6-11(10)23-8)17-12(20)7-19-13(21)15(2,3)18-14(19)22/h4-6H,7H2,1-3H3,(H,17,20)(H,18,22). The lowest BCUT2D eigenvalue weighted by atomic mass is 10.1. The number of thiazole rings is 1. The monoisotopic (exact) mass is 332 g/mol. The van der Waals surface area contributed by atoms with E-state index in [4.69, 9.17) is 0 Å². The minimum Gasteiger partial charge on any atom is -0.324 e. The molecule has 1 aliphatic rings. The summed E-state index contributed by atoms with van der Waals surface area (Å²) in [6.45, 7) is 4.81. The van der Waals surface area contributed by atoms with Crippen molar-refractivity contribution in [2.45, 2.75) is 26.3 Å². The fourth-order valence-electron chi connectivity index (χ4n) is 2.42. The molecule has 2 heterocycles. The molecule has 0 atom stereocenters. The number of carbonyl (C=O) groups is 3. The second kappa shape index (κ2) is 5.31. The second-order valence-corrected chi connectivity index (χ2v) is 7.14. The van der Waals surface area contributed by atoms with Gasteiger partial charge in [0.15, 0.2) is 0 Å². The number of nitrogens with zero attached hydrogens (tertiary/aromatic N) is 2. The van der Waals surface area contributed by atoms with E-state index in [1.165, 1.54) is 11.3 Å². The number of rotatable bonds is 3. The molecule has 2 aromatic rings. The summed E-state index contributed by atoms with van der Waals surface area (Å²) in [5.41, 5.74) is 0.509. The maximum Gasteiger partial charge on any atom is 0.325 e. The molecule has 0 aliphatic carbocycles. The van der Waals surface area contributed by atoms with Crippen LogP contribution in [0, 0.1) is 6.92 Å². The van der Waals surface area contributed by atoms with E-state index in [2.05, 4.69) is 15.6 Å². The van der Waals surface area contributed by atoms with Crippen LogP contribution in [-0.2, 0) is 9.59 Å². The van der Waals surface area contributed by atoms with E-state index < -0.39 is 23.4 Å². The van der Waals surface area contributed by atoms with E-state index in [0.717, 1.165) is 20.1 Å². The number of hydrogen-bond donors (Lipinski definition) is 2. The lowest BCUT2D eigenvalue weighted by molar-refractivity contribution is -0.132. The second-order valence-electron chi connectivity index (χ2n) is 5.91. The Bertz CT molecular complexity index is 827. The molecule has 8 heteroatoms. The molecule has 1 aromatic heterocycles. The van der Waals surface area contributed by atoms with Crippen molar-refractivity contribution in [3.63, 3.8) is 0 Å². The zero-order chi connectivity index (χ0) is 16.8. The van der Waals surface area contributed by atoms with Crippen molar-refractivity contribution >= 4 is 45.1 Å². The van der Waals surface area contributed by atoms with Crippen LogP contribution < -0.4 is 10.6 Å². The molecule has 1 aromatic carbocycles. The van der Waals surface area contributed by atoms with Crippen molar-refractivity contribution in [2.24, 2.45) is 0 Å². The fourth-order valence-corrected chi connectivity index (χ4v) is 3.29. The molecule has 0 saturated carbocycles. The summed E-state index contributed by atoms with van der Waals surface area (Å²) in [6, 6.07) is 4.84. The zero-order valence-corrected chi connectivity index (χ0v) is 13.8. The molecule has 4 amide bonds. The topological polar surface area (TPSA) is 91.4 Å². The Morgan fingerprint density at radius 3 is 2.78 bits per heavy atom. The fraction of sp³-hybridized carbons (Fsp3) is 0.333. The molecular weight excluding hydrogens is 316 g/mol. The average Bonchev–Trinajstić information content (AvgIpc) is 2.90. The number of amides is 4. The number of benzene rings is 1. The van der Waals surface area contributed by atoms with Crippen molar-refractivity contribution in [1.82, 2.24) is 15.2 Å². The van der Waals surface area contributed by atoms with Gasteiger partial charge >= 0.3 is 6.03 Å². The highest BCUT2D eigenvalue weighted by Crippen LogP contribution is 2.25. The summed E-state index contributed by atoms with van der Waals surface area (Å²) < 4.78 is 0.969. The number of aromatic nitrogens is 1. The molecule has 3 rings (SSSR count). The number of carbonyl (C=O) groups excluding carboxylic acids is 3. The van der Waals surface area contributed by atoms with Gasteiger partial charge in [0.25, 0.3) is 5.91 Å². The van der Waals surface area contributed by atoms with Gasteiger partial charge in [-0.05, 0) is 39.0 Å². The van der Waals surface area contributed by atoms with Crippen molar-refractivity contribution in [3.8, 4) is 0 Å². The van der Waals surface area contributed by atoms with Crippen LogP contribution in [0.3, 0.4) is 0 Å². The Labute approximate surface area is 136 Å². The van der Waals surface area contributed by atoms with Crippen LogP contribution in [-0.4, -0.2) is 39.8 Å². The summed E-state index contributed by atoms with van der Waals surface area (Å²) in [6.07, 6.45) is 0. The number of nitrogens with one attached hydrogen (secondary N) is 2. The lowest BCUT2D eigenvalue weighted by Crippen LogP contribution is -2.41. The van der Waals surface area contributed by atoms with Crippen LogP contribution >= 0.6 is 11.3 Å². The zero-order valence-electron chi connectivity index (χ0n) is 13.0. The van der Waals surface area contributed by atoms with Crippen molar-refractivity contribution in [2.75, 3.05) is 11.9 Å². The Balaban J connectivity index is 1.71. The molecule has 0 radical (unpaired) electrons. The van der Waals surface area contributed by atoms with Gasteiger partial charge in [-0.2, -0.15) is 0 Å². The molecule has 0 unspecified atom stereocenters. The van der Waals surface area contributed by atoms with Crippen molar-refractivity contribution < 1.29 is 14.4 Å². The van der Waals surface area contributed by atoms with Crippen LogP contribution in [0.15, 0.2) is 18.2 Å². The van der Waals surface area contributed by atoms with Gasteiger partial charge in [-0.1, -0.05) is 0 Å². The normalized spacial score (nSPS) is 16.7. The Morgan fingerprint density at radius 2 is 2.13 bits per heavy atom. The van der Waals surface area contributed by atoms with Crippen molar-refractivity contribution in [1.29, 1.82) is 0 Å². The van der Waals surface area contributed by atoms with Crippen LogP contribution in [0.1, 0.15) is 18.9 Å². The van der Waals surface area contributed by atoms with Gasteiger partial charge in [-0.25, -0.2) is 9.78 Å². The average molecular weight is 332 g/mol. The van der Waals surface area contributed by atoms with E-state index in [1.807, 2.05) is 19.1 Å². The van der Waals surface area contributed by atoms with E-state index in [9.17, 15) is 14.4 Å². The van der Waals surface area contributed by atoms with E-state index in [0.29, 0.717) is 5.69 Å². The molecule has 1 saturated heterocycles. The maximum atomic E-state index is 12.1. The number of fused-ring (bicyclic) bond motifs is 1. The summed E-state index contributed by atoms with van der Waals surface area (Å²) in [5.74, 6) is -0.835. The molecule has 0 spiro atoms. The predicted octanol–water partition coefficient (Wildman–Crippen LogP) is 1.87. The molecule has 120 valence electrons. The third-order valence-corrected chi connectivity index (χ3v) is 4.46. The summed E-state index contributed by atoms with van der Waals surface area (Å²) in [5, 5.41) is 6.19. The number of hydrogen-bond acceptors (Lipinski definition) is 5. The number of anilines is 1. The summed E-state index contributed by atoms with van der Waals surface area (Å²) in [4.78, 5) is 41.2. The number of aryl methyl sites for hydroxylation is 1. The number of urea groups is 1. The van der Waals surface area contributed by atoms with Gasteiger partial charge in [0, 0.05) is 5.69 Å². The van der Waals surface area contributed by atoms with Gasteiger partial charge in [-0.15, -0.1) is 11.3 Å². The smallest absolute Gasteiger partial charge is 0.324 e. The highest BCUT2D eigenvalue weighted by molar-refractivity contribution is 7.18. The Kier molecular flexibility index (Phi) is 3.56. The Morgan fingerprint density at radius 1 is 1.39 bits per heavy atom. The van der Waals surface area contributed by atoms with E-state index >= 15 is 0 Å². The number of imide groups is 1. The van der Waals surface area contributed by atoms with Crippen molar-refractivity contribution in [3.05, 3.63) is 23.2 Å². The van der Waals surface area contributed by atoms with Crippen LogP contribution in [0.2, 0.25) is 0 Å². The molecular formula is C15H16N4O3S. The first kappa shape index (κ1) is 15.4. The van der Waals surface area contributed by atoms with Gasteiger partial charge in [0.2, 0.25) is 5.91 Å². The predicted molar refractivity (Wildman–Crippen MR) is 87.3 cm³/mol. The first-order valence-corrected chi connectivity index (χ1v) is 7.89. The highest BCUT2D eigenvalue weighted by Gasteiger charge is 2.44.